The van der Waals surface area contributed by atoms with Crippen LogP contribution < -0.4 is 11.2 Å². The first kappa shape index (κ1) is 17.2. The van der Waals surface area contributed by atoms with Crippen LogP contribution >= 0.6 is 0 Å². The summed E-state index contributed by atoms with van der Waals surface area (Å²) in [6.07, 6.45) is 4.97. The monoisotopic (exact) mass is 296 g/mol. The zero-order valence-corrected chi connectivity index (χ0v) is 12.8. The van der Waals surface area contributed by atoms with Gasteiger partial charge in [-0.3, -0.25) is 14.2 Å². The third kappa shape index (κ3) is 5.57. The summed E-state index contributed by atoms with van der Waals surface area (Å²) in [5.74, 6) is -0.195. The van der Waals surface area contributed by atoms with Crippen molar-refractivity contribution in [1.29, 1.82) is 0 Å². The van der Waals surface area contributed by atoms with Gasteiger partial charge in [-0.25, -0.2) is 4.79 Å². The van der Waals surface area contributed by atoms with Crippen molar-refractivity contribution in [2.75, 3.05) is 6.61 Å². The highest BCUT2D eigenvalue weighted by molar-refractivity contribution is 5.69. The van der Waals surface area contributed by atoms with Crippen molar-refractivity contribution in [3.63, 3.8) is 0 Å². The van der Waals surface area contributed by atoms with Crippen LogP contribution in [0.3, 0.4) is 0 Å². The number of hydrogen-bond acceptors (Lipinski definition) is 4. The van der Waals surface area contributed by atoms with Crippen molar-refractivity contribution in [3.05, 3.63) is 33.1 Å². The Bertz CT molecular complexity index is 560. The highest BCUT2D eigenvalue weighted by Gasteiger charge is 2.05. The van der Waals surface area contributed by atoms with Gasteiger partial charge in [-0.15, -0.1) is 0 Å². The van der Waals surface area contributed by atoms with Crippen LogP contribution in [0.1, 0.15) is 46.0 Å². The Morgan fingerprint density at radius 1 is 1.14 bits per heavy atom. The second-order valence-corrected chi connectivity index (χ2v) is 4.90. The summed E-state index contributed by atoms with van der Waals surface area (Å²) in [6, 6.07) is 1.43. The highest BCUT2D eigenvalue weighted by atomic mass is 16.5. The lowest BCUT2D eigenvalue weighted by Gasteiger charge is -2.08. The lowest BCUT2D eigenvalue weighted by molar-refractivity contribution is -0.143. The minimum Gasteiger partial charge on any atom is -0.466 e. The summed E-state index contributed by atoms with van der Waals surface area (Å²) in [5.41, 5.74) is -0.521. The number of hydrogen-bond donors (Lipinski definition) is 0. The van der Waals surface area contributed by atoms with E-state index >= 15 is 0 Å². The lowest BCUT2D eigenvalue weighted by Crippen LogP contribution is -2.39. The van der Waals surface area contributed by atoms with E-state index in [1.54, 1.807) is 17.7 Å². The topological polar surface area (TPSA) is 70.3 Å². The predicted molar refractivity (Wildman–Crippen MR) is 80.4 cm³/mol. The van der Waals surface area contributed by atoms with Crippen LogP contribution in [0.15, 0.2) is 21.9 Å². The van der Waals surface area contributed by atoms with E-state index in [4.69, 9.17) is 4.74 Å². The molecule has 0 N–H and O–H groups in total. The zero-order chi connectivity index (χ0) is 15.7. The fraction of sp³-hybridized carbons (Fsp3) is 0.667. The Morgan fingerprint density at radius 3 is 2.57 bits per heavy atom. The molecule has 1 aromatic rings. The number of esters is 1. The Balaban J connectivity index is 2.48. The molecule has 0 spiro atoms. The van der Waals surface area contributed by atoms with Gasteiger partial charge >= 0.3 is 11.7 Å². The van der Waals surface area contributed by atoms with E-state index in [0.29, 0.717) is 39.0 Å². The van der Waals surface area contributed by atoms with Crippen LogP contribution in [-0.4, -0.2) is 21.7 Å². The molecule has 0 atom stereocenters. The maximum Gasteiger partial charge on any atom is 0.330 e. The molecule has 1 aromatic heterocycles. The fourth-order valence-electron chi connectivity index (χ4n) is 2.12. The average Bonchev–Trinajstić information content (AvgIpc) is 2.45. The maximum atomic E-state index is 12.1. The van der Waals surface area contributed by atoms with E-state index in [-0.39, 0.29) is 17.2 Å². The summed E-state index contributed by atoms with van der Waals surface area (Å²) in [5, 5.41) is 0. The molecule has 118 valence electrons. The first-order valence-corrected chi connectivity index (χ1v) is 7.56. The van der Waals surface area contributed by atoms with Gasteiger partial charge in [0.25, 0.3) is 5.56 Å². The number of aromatic nitrogens is 2. The quantitative estimate of drug-likeness (QED) is 0.512. The van der Waals surface area contributed by atoms with Gasteiger partial charge in [0.2, 0.25) is 0 Å². The van der Waals surface area contributed by atoms with Gasteiger partial charge in [-0.2, -0.15) is 0 Å². The average molecular weight is 296 g/mol. The fourth-order valence-corrected chi connectivity index (χ4v) is 2.12. The number of aryl methyl sites for hydroxylation is 1. The number of unbranched alkanes of at least 4 members (excludes halogenated alkanes) is 2. The summed E-state index contributed by atoms with van der Waals surface area (Å²) in [6.45, 7) is 5.17. The molecule has 0 unspecified atom stereocenters. The Labute approximate surface area is 124 Å². The predicted octanol–water partition coefficient (Wildman–Crippen LogP) is 1.54. The molecule has 0 fully saturated rings. The van der Waals surface area contributed by atoms with E-state index in [9.17, 15) is 14.4 Å². The molecule has 0 aromatic carbocycles. The molecule has 0 bridgehead atoms. The molecule has 0 saturated heterocycles. The van der Waals surface area contributed by atoms with E-state index in [0.717, 1.165) is 12.8 Å². The Morgan fingerprint density at radius 2 is 1.90 bits per heavy atom. The number of rotatable bonds is 9. The van der Waals surface area contributed by atoms with Crippen LogP contribution in [0.5, 0.6) is 0 Å². The smallest absolute Gasteiger partial charge is 0.330 e. The summed E-state index contributed by atoms with van der Waals surface area (Å²) < 4.78 is 7.66. The lowest BCUT2D eigenvalue weighted by atomic mass is 10.2. The van der Waals surface area contributed by atoms with Gasteiger partial charge in [0.1, 0.15) is 0 Å². The standard InChI is InChI=1S/C15H24N2O4/c1-3-10-16-12-9-13(18)17(15(16)20)11-7-5-6-8-14(19)21-4-2/h9,12H,3-8,10-11H2,1-2H3. The normalized spacial score (nSPS) is 10.6. The van der Waals surface area contributed by atoms with Gasteiger partial charge in [-0.1, -0.05) is 13.3 Å². The summed E-state index contributed by atoms with van der Waals surface area (Å²) in [7, 11) is 0. The van der Waals surface area contributed by atoms with Crippen molar-refractivity contribution >= 4 is 5.97 Å². The molecule has 0 aliphatic heterocycles. The van der Waals surface area contributed by atoms with Crippen molar-refractivity contribution in [2.24, 2.45) is 0 Å². The van der Waals surface area contributed by atoms with Gasteiger partial charge in [0.05, 0.1) is 6.61 Å². The van der Waals surface area contributed by atoms with Crippen LogP contribution in [0.4, 0.5) is 0 Å². The van der Waals surface area contributed by atoms with Gasteiger partial charge in [-0.05, 0) is 26.2 Å². The molecule has 0 aliphatic rings. The number of ether oxygens (including phenoxy) is 1. The first-order chi connectivity index (χ1) is 10.1. The first-order valence-electron chi connectivity index (χ1n) is 7.56. The van der Waals surface area contributed by atoms with Crippen molar-refractivity contribution in [2.45, 2.75) is 59.0 Å². The van der Waals surface area contributed by atoms with Crippen molar-refractivity contribution in [1.82, 2.24) is 9.13 Å². The highest BCUT2D eigenvalue weighted by Crippen LogP contribution is 2.02. The summed E-state index contributed by atoms with van der Waals surface area (Å²) >= 11 is 0. The van der Waals surface area contributed by atoms with E-state index in [2.05, 4.69) is 0 Å². The maximum absolute atomic E-state index is 12.1. The third-order valence-corrected chi connectivity index (χ3v) is 3.17. The molecule has 0 saturated carbocycles. The third-order valence-electron chi connectivity index (χ3n) is 3.17. The molecule has 1 rings (SSSR count). The van der Waals surface area contributed by atoms with Crippen LogP contribution in [-0.2, 0) is 22.6 Å². The van der Waals surface area contributed by atoms with Crippen LogP contribution in [0, 0.1) is 0 Å². The minimum atomic E-state index is -0.266. The second kappa shape index (κ2) is 9.15. The van der Waals surface area contributed by atoms with Crippen molar-refractivity contribution in [3.8, 4) is 0 Å². The molecular weight excluding hydrogens is 272 g/mol. The van der Waals surface area contributed by atoms with Crippen molar-refractivity contribution < 1.29 is 9.53 Å². The molecule has 21 heavy (non-hydrogen) atoms. The molecule has 0 amide bonds. The van der Waals surface area contributed by atoms with E-state index < -0.39 is 0 Å². The molecule has 0 aliphatic carbocycles. The largest absolute Gasteiger partial charge is 0.466 e. The summed E-state index contributed by atoms with van der Waals surface area (Å²) in [4.78, 5) is 35.0. The van der Waals surface area contributed by atoms with E-state index in [1.807, 2.05) is 6.92 Å². The second-order valence-electron chi connectivity index (χ2n) is 4.90. The molecular formula is C15H24N2O4. The molecule has 6 heteroatoms. The van der Waals surface area contributed by atoms with Gasteiger partial charge in [0.15, 0.2) is 0 Å². The number of carbonyl (C=O) groups is 1. The zero-order valence-electron chi connectivity index (χ0n) is 12.8. The molecule has 1 heterocycles. The molecule has 0 radical (unpaired) electrons. The Kier molecular flexibility index (Phi) is 7.50. The van der Waals surface area contributed by atoms with Crippen LogP contribution in [0.25, 0.3) is 0 Å². The SMILES string of the molecule is CCCn1ccc(=O)n(CCCCCC(=O)OCC)c1=O. The molecule has 6 nitrogen and oxygen atoms in total. The van der Waals surface area contributed by atoms with E-state index in [1.165, 1.54) is 10.6 Å². The Hall–Kier alpha value is -1.85. The van der Waals surface area contributed by atoms with Gasteiger partial charge in [0, 0.05) is 31.8 Å². The van der Waals surface area contributed by atoms with Crippen LogP contribution in [0.2, 0.25) is 0 Å². The number of carbonyl (C=O) groups excluding carboxylic acids is 1. The number of nitrogens with zero attached hydrogens (tertiary/aromatic N) is 2. The minimum absolute atomic E-state index is 0.195. The van der Waals surface area contributed by atoms with Gasteiger partial charge < -0.3 is 9.30 Å².